The Bertz CT molecular complexity index is 364. The van der Waals surface area contributed by atoms with E-state index in [2.05, 4.69) is 34.1 Å². The molecule has 0 spiro atoms. The lowest BCUT2D eigenvalue weighted by Crippen LogP contribution is -2.20. The summed E-state index contributed by atoms with van der Waals surface area (Å²) >= 11 is 2.16. The maximum atomic E-state index is 11.7. The van der Waals surface area contributed by atoms with Crippen molar-refractivity contribution >= 4 is 28.4 Å². The molecular formula is C9H14IN2OP. The summed E-state index contributed by atoms with van der Waals surface area (Å²) in [5, 5.41) is 4.12. The molecule has 0 aliphatic carbocycles. The van der Waals surface area contributed by atoms with Crippen molar-refractivity contribution in [2.75, 3.05) is 0 Å². The van der Waals surface area contributed by atoms with Crippen molar-refractivity contribution in [2.45, 2.75) is 33.1 Å². The highest BCUT2D eigenvalue weighted by atomic mass is 127. The molecule has 0 saturated carbocycles. The molecule has 3 nitrogen and oxygen atoms in total. The molecule has 5 heteroatoms. The van der Waals surface area contributed by atoms with E-state index in [-0.39, 0.29) is 5.56 Å². The number of nitrogens with zero attached hydrogens (tertiary/aromatic N) is 2. The Labute approximate surface area is 98.6 Å². The van der Waals surface area contributed by atoms with E-state index in [4.69, 9.17) is 0 Å². The largest absolute Gasteiger partial charge is 0.273 e. The predicted octanol–water partition coefficient (Wildman–Crippen LogP) is 2.69. The third kappa shape index (κ3) is 2.76. The van der Waals surface area contributed by atoms with Crippen LogP contribution >= 0.6 is 28.4 Å². The SMILES string of the molecule is CCCCc1cnn(PI)c(=O)c1C. The maximum Gasteiger partial charge on any atom is 0.273 e. The van der Waals surface area contributed by atoms with Gasteiger partial charge < -0.3 is 0 Å². The molecule has 0 bridgehead atoms. The molecule has 1 unspecified atom stereocenters. The van der Waals surface area contributed by atoms with Gasteiger partial charge in [0.2, 0.25) is 0 Å². The molecule has 1 rings (SSSR count). The summed E-state index contributed by atoms with van der Waals surface area (Å²) in [6, 6.07) is 0. The molecule has 78 valence electrons. The molecule has 1 aromatic heterocycles. The smallest absolute Gasteiger partial charge is 0.267 e. The Morgan fingerprint density at radius 2 is 2.36 bits per heavy atom. The van der Waals surface area contributed by atoms with E-state index < -0.39 is 0 Å². The monoisotopic (exact) mass is 324 g/mol. The van der Waals surface area contributed by atoms with Crippen LogP contribution in [0, 0.1) is 6.92 Å². The van der Waals surface area contributed by atoms with E-state index in [1.54, 1.807) is 0 Å². The number of hydrogen-bond acceptors (Lipinski definition) is 2. The van der Waals surface area contributed by atoms with Crippen LogP contribution in [0.2, 0.25) is 0 Å². The molecule has 1 atom stereocenters. The second-order valence-corrected chi connectivity index (χ2v) is 5.24. The fourth-order valence-corrected chi connectivity index (χ4v) is 2.63. The highest BCUT2D eigenvalue weighted by Crippen LogP contribution is 2.19. The predicted molar refractivity (Wildman–Crippen MR) is 69.6 cm³/mol. The molecule has 1 aromatic rings. The van der Waals surface area contributed by atoms with Gasteiger partial charge in [-0.05, 0) is 47.4 Å². The van der Waals surface area contributed by atoms with Gasteiger partial charge >= 0.3 is 0 Å². The average Bonchev–Trinajstić information content (AvgIpc) is 2.20. The summed E-state index contributed by atoms with van der Waals surface area (Å²) in [4.78, 5) is 11.7. The first-order chi connectivity index (χ1) is 6.70. The van der Waals surface area contributed by atoms with Crippen molar-refractivity contribution < 1.29 is 0 Å². The van der Waals surface area contributed by atoms with Gasteiger partial charge in [0.15, 0.2) is 0 Å². The lowest BCUT2D eigenvalue weighted by molar-refractivity contribution is 0.771. The summed E-state index contributed by atoms with van der Waals surface area (Å²) < 4.78 is 1.52. The normalized spacial score (nSPS) is 11.4. The minimum absolute atomic E-state index is 0.0614. The number of aromatic nitrogens is 2. The van der Waals surface area contributed by atoms with Gasteiger partial charge in [0.05, 0.1) is 12.6 Å². The third-order valence-corrected chi connectivity index (χ3v) is 4.05. The zero-order valence-electron chi connectivity index (χ0n) is 8.38. The average molecular weight is 324 g/mol. The van der Waals surface area contributed by atoms with E-state index in [0.29, 0.717) is 6.37 Å². The second kappa shape index (κ2) is 5.81. The first-order valence-electron chi connectivity index (χ1n) is 4.65. The van der Waals surface area contributed by atoms with E-state index in [1.807, 2.05) is 13.1 Å². The van der Waals surface area contributed by atoms with Crippen LogP contribution in [0.25, 0.3) is 0 Å². The Morgan fingerprint density at radius 1 is 1.64 bits per heavy atom. The molecule has 0 saturated heterocycles. The molecular weight excluding hydrogens is 310 g/mol. The number of hydrogen-bond donors (Lipinski definition) is 0. The van der Waals surface area contributed by atoms with Gasteiger partial charge in [-0.25, -0.2) is 4.45 Å². The van der Waals surface area contributed by atoms with Crippen LogP contribution < -0.4 is 5.56 Å². The van der Waals surface area contributed by atoms with Gasteiger partial charge in [0.1, 0.15) is 0 Å². The molecule has 14 heavy (non-hydrogen) atoms. The fourth-order valence-electron chi connectivity index (χ4n) is 1.25. The molecule has 0 amide bonds. The minimum atomic E-state index is 0.0614. The Morgan fingerprint density at radius 3 is 2.93 bits per heavy atom. The number of rotatable bonds is 4. The quantitative estimate of drug-likeness (QED) is 0.630. The van der Waals surface area contributed by atoms with Crippen molar-refractivity contribution in [3.8, 4) is 0 Å². The minimum Gasteiger partial charge on any atom is -0.267 e. The van der Waals surface area contributed by atoms with Crippen molar-refractivity contribution in [1.82, 2.24) is 9.55 Å². The van der Waals surface area contributed by atoms with Crippen LogP contribution in [0.5, 0.6) is 0 Å². The van der Waals surface area contributed by atoms with Crippen molar-refractivity contribution in [2.24, 2.45) is 0 Å². The van der Waals surface area contributed by atoms with Crippen molar-refractivity contribution in [3.63, 3.8) is 0 Å². The number of unbranched alkanes of at least 4 members (excludes halogenated alkanes) is 1. The van der Waals surface area contributed by atoms with Crippen LogP contribution in [-0.2, 0) is 6.42 Å². The zero-order valence-corrected chi connectivity index (χ0v) is 11.5. The van der Waals surface area contributed by atoms with Gasteiger partial charge in [-0.15, -0.1) is 0 Å². The number of halogens is 1. The molecule has 0 fully saturated rings. The van der Waals surface area contributed by atoms with E-state index in [0.717, 1.165) is 30.4 Å². The first kappa shape index (κ1) is 12.1. The molecule has 1 heterocycles. The van der Waals surface area contributed by atoms with Crippen LogP contribution in [0.3, 0.4) is 0 Å². The van der Waals surface area contributed by atoms with Crippen LogP contribution in [0.15, 0.2) is 11.0 Å². The third-order valence-electron chi connectivity index (χ3n) is 2.20. The summed E-state index contributed by atoms with van der Waals surface area (Å²) in [5.41, 5.74) is 2.02. The van der Waals surface area contributed by atoms with Crippen molar-refractivity contribution in [1.29, 1.82) is 0 Å². The molecule has 0 aliphatic heterocycles. The summed E-state index contributed by atoms with van der Waals surface area (Å²) in [6.07, 6.45) is 5.46. The second-order valence-electron chi connectivity index (χ2n) is 3.20. The van der Waals surface area contributed by atoms with Crippen LogP contribution in [0.4, 0.5) is 0 Å². The maximum absolute atomic E-state index is 11.7. The summed E-state index contributed by atoms with van der Waals surface area (Å²) in [6.45, 7) is 4.04. The van der Waals surface area contributed by atoms with Crippen molar-refractivity contribution in [3.05, 3.63) is 27.7 Å². The van der Waals surface area contributed by atoms with E-state index in [9.17, 15) is 4.79 Å². The lowest BCUT2D eigenvalue weighted by Gasteiger charge is -2.05. The molecule has 0 radical (unpaired) electrons. The number of aryl methyl sites for hydroxylation is 1. The summed E-state index contributed by atoms with van der Waals surface area (Å²) in [5.74, 6) is 0. The van der Waals surface area contributed by atoms with Crippen LogP contribution in [-0.4, -0.2) is 9.55 Å². The van der Waals surface area contributed by atoms with Crippen LogP contribution in [0.1, 0.15) is 30.9 Å². The van der Waals surface area contributed by atoms with Gasteiger partial charge in [0.25, 0.3) is 5.56 Å². The van der Waals surface area contributed by atoms with Gasteiger partial charge in [-0.1, -0.05) is 13.3 Å². The lowest BCUT2D eigenvalue weighted by atomic mass is 10.1. The highest BCUT2D eigenvalue weighted by molar-refractivity contribution is 14.2. The standard InChI is InChI=1S/C9H14IN2OP/c1-3-4-5-8-6-11-12(14-10)9(13)7(8)2/h6,14H,3-5H2,1-2H3. The Balaban J connectivity index is 2.99. The van der Waals surface area contributed by atoms with Gasteiger partial charge in [-0.2, -0.15) is 5.10 Å². The fraction of sp³-hybridized carbons (Fsp3) is 0.556. The first-order valence-corrected chi connectivity index (χ1v) is 8.71. The van der Waals surface area contributed by atoms with E-state index >= 15 is 0 Å². The Hall–Kier alpha value is 0.0400. The van der Waals surface area contributed by atoms with Gasteiger partial charge in [0, 0.05) is 5.56 Å². The van der Waals surface area contributed by atoms with E-state index in [1.165, 1.54) is 4.45 Å². The summed E-state index contributed by atoms with van der Waals surface area (Å²) in [7, 11) is 0. The Kier molecular flexibility index (Phi) is 5.02. The zero-order chi connectivity index (χ0) is 10.6. The highest BCUT2D eigenvalue weighted by Gasteiger charge is 2.05. The molecule has 0 aromatic carbocycles. The van der Waals surface area contributed by atoms with Gasteiger partial charge in [-0.3, -0.25) is 4.79 Å². The topological polar surface area (TPSA) is 34.9 Å². The molecule has 0 N–H and O–H groups in total. The molecule has 0 aliphatic rings.